The lowest BCUT2D eigenvalue weighted by Crippen LogP contribution is -2.51. The van der Waals surface area contributed by atoms with E-state index >= 15 is 0 Å². The van der Waals surface area contributed by atoms with Crippen LogP contribution in [0.3, 0.4) is 0 Å². The van der Waals surface area contributed by atoms with Crippen molar-refractivity contribution in [2.45, 2.75) is 24.0 Å². The summed E-state index contributed by atoms with van der Waals surface area (Å²) >= 11 is 1.55. The second-order valence-corrected chi connectivity index (χ2v) is 4.77. The molecule has 0 spiro atoms. The van der Waals surface area contributed by atoms with Gasteiger partial charge in [0.05, 0.1) is 5.54 Å². The van der Waals surface area contributed by atoms with E-state index in [1.165, 1.54) is 6.33 Å². The van der Waals surface area contributed by atoms with Crippen molar-refractivity contribution < 1.29 is 4.79 Å². The standard InChI is InChI=1S/C9H17N5OS/c1-9(11-2,7(10)15)4-5-16-8-12-6-13-14(8)3/h6,11H,4-5H2,1-3H3,(H2,10,15). The van der Waals surface area contributed by atoms with Gasteiger partial charge in [0, 0.05) is 12.8 Å². The average Bonchev–Trinajstić information content (AvgIpc) is 2.64. The maximum Gasteiger partial charge on any atom is 0.237 e. The highest BCUT2D eigenvalue weighted by molar-refractivity contribution is 7.99. The van der Waals surface area contributed by atoms with Crippen LogP contribution in [0.2, 0.25) is 0 Å². The second kappa shape index (κ2) is 5.31. The topological polar surface area (TPSA) is 85.8 Å². The van der Waals surface area contributed by atoms with E-state index in [-0.39, 0.29) is 5.91 Å². The maximum atomic E-state index is 11.2. The van der Waals surface area contributed by atoms with Crippen LogP contribution < -0.4 is 11.1 Å². The molecule has 1 atom stereocenters. The van der Waals surface area contributed by atoms with Crippen molar-refractivity contribution in [1.82, 2.24) is 20.1 Å². The minimum atomic E-state index is -0.661. The SMILES string of the molecule is CNC(C)(CCSc1ncnn1C)C(N)=O. The van der Waals surface area contributed by atoms with Crippen LogP contribution in [-0.4, -0.2) is 39.0 Å². The fraction of sp³-hybridized carbons (Fsp3) is 0.667. The van der Waals surface area contributed by atoms with Gasteiger partial charge >= 0.3 is 0 Å². The molecular formula is C9H17N5OS. The lowest BCUT2D eigenvalue weighted by molar-refractivity contribution is -0.123. The van der Waals surface area contributed by atoms with E-state index in [1.54, 1.807) is 30.4 Å². The fourth-order valence-electron chi connectivity index (χ4n) is 1.13. The number of hydrogen-bond acceptors (Lipinski definition) is 5. The Hall–Kier alpha value is -1.08. The predicted octanol–water partition coefficient (Wildman–Crippen LogP) is -0.239. The number of nitrogens with one attached hydrogen (secondary N) is 1. The molecule has 0 aliphatic rings. The molecule has 0 saturated carbocycles. The Balaban J connectivity index is 2.46. The summed E-state index contributed by atoms with van der Waals surface area (Å²) in [5, 5.41) is 7.74. The number of aryl methyl sites for hydroxylation is 1. The van der Waals surface area contributed by atoms with Crippen molar-refractivity contribution in [2.75, 3.05) is 12.8 Å². The molecule has 0 aliphatic carbocycles. The van der Waals surface area contributed by atoms with Gasteiger partial charge in [0.25, 0.3) is 0 Å². The highest BCUT2D eigenvalue weighted by Crippen LogP contribution is 2.18. The van der Waals surface area contributed by atoms with Gasteiger partial charge in [-0.1, -0.05) is 11.8 Å². The number of aromatic nitrogens is 3. The van der Waals surface area contributed by atoms with Gasteiger partial charge in [-0.3, -0.25) is 4.79 Å². The van der Waals surface area contributed by atoms with E-state index < -0.39 is 5.54 Å². The highest BCUT2D eigenvalue weighted by Gasteiger charge is 2.28. The number of amides is 1. The van der Waals surface area contributed by atoms with Gasteiger partial charge in [-0.2, -0.15) is 5.10 Å². The van der Waals surface area contributed by atoms with Crippen LogP contribution in [0.4, 0.5) is 0 Å². The average molecular weight is 243 g/mol. The zero-order valence-electron chi connectivity index (χ0n) is 9.73. The predicted molar refractivity (Wildman–Crippen MR) is 63.0 cm³/mol. The third kappa shape index (κ3) is 2.96. The van der Waals surface area contributed by atoms with Crippen LogP contribution in [0.25, 0.3) is 0 Å². The van der Waals surface area contributed by atoms with Crippen molar-refractivity contribution in [3.8, 4) is 0 Å². The minimum absolute atomic E-state index is 0.339. The summed E-state index contributed by atoms with van der Waals surface area (Å²) in [7, 11) is 3.57. The quantitative estimate of drug-likeness (QED) is 0.674. The monoisotopic (exact) mass is 243 g/mol. The van der Waals surface area contributed by atoms with Gasteiger partial charge in [-0.25, -0.2) is 9.67 Å². The van der Waals surface area contributed by atoms with Crippen LogP contribution in [0.15, 0.2) is 11.5 Å². The van der Waals surface area contributed by atoms with E-state index in [2.05, 4.69) is 15.4 Å². The van der Waals surface area contributed by atoms with E-state index in [1.807, 2.05) is 7.05 Å². The lowest BCUT2D eigenvalue weighted by atomic mass is 9.99. The largest absolute Gasteiger partial charge is 0.368 e. The zero-order valence-corrected chi connectivity index (χ0v) is 10.5. The Morgan fingerprint density at radius 3 is 2.88 bits per heavy atom. The van der Waals surface area contributed by atoms with Crippen molar-refractivity contribution in [3.63, 3.8) is 0 Å². The molecule has 1 aromatic rings. The molecule has 0 bridgehead atoms. The number of likely N-dealkylation sites (N-methyl/N-ethyl adjacent to an activating group) is 1. The first-order valence-corrected chi connectivity index (χ1v) is 5.94. The summed E-state index contributed by atoms with van der Waals surface area (Å²) in [4.78, 5) is 15.3. The van der Waals surface area contributed by atoms with Gasteiger partial charge in [-0.15, -0.1) is 0 Å². The van der Waals surface area contributed by atoms with Crippen LogP contribution >= 0.6 is 11.8 Å². The van der Waals surface area contributed by atoms with Gasteiger partial charge in [0.15, 0.2) is 5.16 Å². The summed E-state index contributed by atoms with van der Waals surface area (Å²) in [6.07, 6.45) is 2.16. The molecule has 6 nitrogen and oxygen atoms in total. The van der Waals surface area contributed by atoms with Gasteiger partial charge in [0.1, 0.15) is 6.33 Å². The molecule has 0 aliphatic heterocycles. The number of carbonyl (C=O) groups excluding carboxylic acids is 1. The molecule has 1 amide bonds. The summed E-state index contributed by atoms with van der Waals surface area (Å²) in [6.45, 7) is 1.80. The summed E-state index contributed by atoms with van der Waals surface area (Å²) in [5.41, 5.74) is 4.67. The fourth-order valence-corrected chi connectivity index (χ4v) is 2.18. The van der Waals surface area contributed by atoms with Crippen molar-refractivity contribution >= 4 is 17.7 Å². The summed E-state index contributed by atoms with van der Waals surface area (Å²) in [5.74, 6) is 0.417. The first-order chi connectivity index (χ1) is 7.49. The number of thioether (sulfide) groups is 1. The van der Waals surface area contributed by atoms with Crippen LogP contribution in [0, 0.1) is 0 Å². The third-order valence-electron chi connectivity index (χ3n) is 2.60. The Morgan fingerprint density at radius 1 is 1.75 bits per heavy atom. The zero-order chi connectivity index (χ0) is 12.2. The Kier molecular flexibility index (Phi) is 4.31. The minimum Gasteiger partial charge on any atom is -0.368 e. The molecule has 0 aromatic carbocycles. The van der Waals surface area contributed by atoms with E-state index in [9.17, 15) is 4.79 Å². The number of hydrogen-bond donors (Lipinski definition) is 2. The summed E-state index contributed by atoms with van der Waals surface area (Å²) < 4.78 is 1.70. The van der Waals surface area contributed by atoms with Gasteiger partial charge < -0.3 is 11.1 Å². The highest BCUT2D eigenvalue weighted by atomic mass is 32.2. The molecule has 1 rings (SSSR count). The number of carbonyl (C=O) groups is 1. The lowest BCUT2D eigenvalue weighted by Gasteiger charge is -2.24. The van der Waals surface area contributed by atoms with Gasteiger partial charge in [0.2, 0.25) is 5.91 Å². The normalized spacial score (nSPS) is 14.7. The summed E-state index contributed by atoms with van der Waals surface area (Å²) in [6, 6.07) is 0. The molecule has 90 valence electrons. The van der Waals surface area contributed by atoms with Crippen molar-refractivity contribution in [1.29, 1.82) is 0 Å². The molecule has 0 radical (unpaired) electrons. The first-order valence-electron chi connectivity index (χ1n) is 4.95. The molecule has 7 heteroatoms. The van der Waals surface area contributed by atoms with E-state index in [0.29, 0.717) is 6.42 Å². The molecule has 1 heterocycles. The van der Waals surface area contributed by atoms with E-state index in [4.69, 9.17) is 5.73 Å². The molecule has 1 aromatic heterocycles. The van der Waals surface area contributed by atoms with Crippen LogP contribution in [-0.2, 0) is 11.8 Å². The number of nitrogens with zero attached hydrogens (tertiary/aromatic N) is 3. The Labute approximate surface area is 99.0 Å². The second-order valence-electron chi connectivity index (χ2n) is 3.71. The molecule has 1 unspecified atom stereocenters. The van der Waals surface area contributed by atoms with Crippen LogP contribution in [0.5, 0.6) is 0 Å². The molecule has 3 N–H and O–H groups in total. The maximum absolute atomic E-state index is 11.2. The molecule has 16 heavy (non-hydrogen) atoms. The molecule has 0 fully saturated rings. The van der Waals surface area contributed by atoms with E-state index in [0.717, 1.165) is 10.9 Å². The number of nitrogens with two attached hydrogens (primary N) is 1. The molecule has 0 saturated heterocycles. The Bertz CT molecular complexity index is 367. The van der Waals surface area contributed by atoms with Gasteiger partial charge in [-0.05, 0) is 20.4 Å². The first kappa shape index (κ1) is 13.0. The number of primary amides is 1. The Morgan fingerprint density at radius 2 is 2.44 bits per heavy atom. The third-order valence-corrected chi connectivity index (χ3v) is 3.63. The van der Waals surface area contributed by atoms with Crippen molar-refractivity contribution in [3.05, 3.63) is 6.33 Å². The smallest absolute Gasteiger partial charge is 0.237 e. The van der Waals surface area contributed by atoms with Crippen LogP contribution in [0.1, 0.15) is 13.3 Å². The number of rotatable bonds is 6. The van der Waals surface area contributed by atoms with Crippen molar-refractivity contribution in [2.24, 2.45) is 12.8 Å². The molecular weight excluding hydrogens is 226 g/mol.